The molecule has 0 bridgehead atoms. The van der Waals surface area contributed by atoms with Crippen LogP contribution in [0, 0.1) is 0 Å². The summed E-state index contributed by atoms with van der Waals surface area (Å²) in [4.78, 5) is 5.40. The minimum Gasteiger partial charge on any atom is -0.312 e. The Morgan fingerprint density at radius 2 is 1.67 bits per heavy atom. The molecule has 2 aliphatic rings. The van der Waals surface area contributed by atoms with Crippen molar-refractivity contribution in [3.63, 3.8) is 0 Å². The van der Waals surface area contributed by atoms with E-state index in [1.807, 2.05) is 0 Å². The highest BCUT2D eigenvalue weighted by molar-refractivity contribution is 4.84. The molecule has 0 aromatic carbocycles. The Morgan fingerprint density at radius 1 is 1.00 bits per heavy atom. The summed E-state index contributed by atoms with van der Waals surface area (Å²) in [6.07, 6.45) is 5.39. The predicted molar refractivity (Wildman–Crippen MR) is 78.0 cm³/mol. The van der Waals surface area contributed by atoms with Gasteiger partial charge in [0.05, 0.1) is 0 Å². The molecule has 106 valence electrons. The van der Waals surface area contributed by atoms with Crippen LogP contribution < -0.4 is 5.32 Å². The van der Waals surface area contributed by atoms with Crippen molar-refractivity contribution in [3.8, 4) is 0 Å². The van der Waals surface area contributed by atoms with Gasteiger partial charge in [0.15, 0.2) is 0 Å². The van der Waals surface area contributed by atoms with Gasteiger partial charge in [0.2, 0.25) is 0 Å². The average molecular weight is 253 g/mol. The molecule has 0 radical (unpaired) electrons. The summed E-state index contributed by atoms with van der Waals surface area (Å²) < 4.78 is 0. The zero-order valence-electron chi connectivity index (χ0n) is 12.5. The van der Waals surface area contributed by atoms with E-state index in [-0.39, 0.29) is 0 Å². The van der Waals surface area contributed by atoms with Crippen LogP contribution in [0.3, 0.4) is 0 Å². The molecule has 3 nitrogen and oxygen atoms in total. The van der Waals surface area contributed by atoms with Gasteiger partial charge in [-0.1, -0.05) is 6.92 Å². The summed E-state index contributed by atoms with van der Waals surface area (Å²) in [5, 5.41) is 3.69. The summed E-state index contributed by atoms with van der Waals surface area (Å²) in [5.41, 5.74) is 0. The highest BCUT2D eigenvalue weighted by Gasteiger charge is 2.26. The van der Waals surface area contributed by atoms with Crippen LogP contribution >= 0.6 is 0 Å². The highest BCUT2D eigenvalue weighted by atomic mass is 15.2. The Balaban J connectivity index is 1.89. The van der Waals surface area contributed by atoms with Crippen LogP contribution in [0.4, 0.5) is 0 Å². The normalized spacial score (nSPS) is 37.2. The van der Waals surface area contributed by atoms with Gasteiger partial charge in [0, 0.05) is 24.7 Å². The molecule has 0 amide bonds. The van der Waals surface area contributed by atoms with Crippen molar-refractivity contribution in [2.24, 2.45) is 0 Å². The van der Waals surface area contributed by atoms with Crippen molar-refractivity contribution in [3.05, 3.63) is 0 Å². The van der Waals surface area contributed by atoms with Crippen molar-refractivity contribution in [2.45, 2.75) is 64.6 Å². The second kappa shape index (κ2) is 6.88. The quantitative estimate of drug-likeness (QED) is 0.811. The largest absolute Gasteiger partial charge is 0.312 e. The van der Waals surface area contributed by atoms with Gasteiger partial charge < -0.3 is 10.2 Å². The monoisotopic (exact) mass is 253 g/mol. The number of likely N-dealkylation sites (N-methyl/N-ethyl adjacent to an activating group) is 1. The molecule has 0 aromatic heterocycles. The molecular weight excluding hydrogens is 222 g/mol. The summed E-state index contributed by atoms with van der Waals surface area (Å²) in [6, 6.07) is 2.17. The molecule has 0 aromatic rings. The summed E-state index contributed by atoms with van der Waals surface area (Å²) in [7, 11) is 0. The first-order chi connectivity index (χ1) is 8.69. The molecule has 0 aliphatic carbocycles. The molecule has 2 aliphatic heterocycles. The number of nitrogens with zero attached hydrogens (tertiary/aromatic N) is 2. The number of nitrogens with one attached hydrogen (secondary N) is 1. The molecule has 0 spiro atoms. The lowest BCUT2D eigenvalue weighted by atomic mass is 10.0. The molecule has 3 unspecified atom stereocenters. The standard InChI is InChI=1S/C15H31N3/c1-4-17-9-5-6-15(12-17)18-10-7-13(2)16-14(3)8-11-18/h13-16H,4-12H2,1-3H3. The molecule has 0 saturated carbocycles. The molecule has 2 heterocycles. The van der Waals surface area contributed by atoms with Crippen molar-refractivity contribution in [1.29, 1.82) is 0 Å². The van der Waals surface area contributed by atoms with Crippen molar-refractivity contribution in [1.82, 2.24) is 15.1 Å². The Bertz CT molecular complexity index is 232. The van der Waals surface area contributed by atoms with E-state index in [0.29, 0.717) is 12.1 Å². The Kier molecular flexibility index (Phi) is 5.46. The van der Waals surface area contributed by atoms with Gasteiger partial charge in [-0.25, -0.2) is 0 Å². The first-order valence-corrected chi connectivity index (χ1v) is 7.91. The third kappa shape index (κ3) is 3.94. The lowest BCUT2D eigenvalue weighted by Gasteiger charge is -2.41. The van der Waals surface area contributed by atoms with Gasteiger partial charge in [0.1, 0.15) is 0 Å². The highest BCUT2D eigenvalue weighted by Crippen LogP contribution is 2.18. The molecule has 1 N–H and O–H groups in total. The smallest absolute Gasteiger partial charge is 0.0223 e. The summed E-state index contributed by atoms with van der Waals surface area (Å²) >= 11 is 0. The van der Waals surface area contributed by atoms with Crippen LogP contribution in [0.25, 0.3) is 0 Å². The summed E-state index contributed by atoms with van der Waals surface area (Å²) in [6.45, 7) is 13.4. The molecule has 2 rings (SSSR count). The number of piperidine rings is 1. The minimum absolute atomic E-state index is 0.675. The SMILES string of the molecule is CCN1CCCC(N2CCC(C)NC(C)CC2)C1. The maximum atomic E-state index is 3.69. The lowest BCUT2D eigenvalue weighted by Crippen LogP contribution is -2.51. The molecule has 3 heteroatoms. The Morgan fingerprint density at radius 3 is 2.28 bits per heavy atom. The van der Waals surface area contributed by atoms with Gasteiger partial charge in [-0.15, -0.1) is 0 Å². The van der Waals surface area contributed by atoms with Crippen LogP contribution in [0.2, 0.25) is 0 Å². The zero-order valence-corrected chi connectivity index (χ0v) is 12.5. The Labute approximate surface area is 113 Å². The molecular formula is C15H31N3. The van der Waals surface area contributed by atoms with Gasteiger partial charge in [0.25, 0.3) is 0 Å². The van der Waals surface area contributed by atoms with E-state index in [0.717, 1.165) is 6.04 Å². The van der Waals surface area contributed by atoms with E-state index in [4.69, 9.17) is 0 Å². The lowest BCUT2D eigenvalue weighted by molar-refractivity contribution is 0.0874. The first-order valence-electron chi connectivity index (χ1n) is 7.91. The Hall–Kier alpha value is -0.120. The maximum Gasteiger partial charge on any atom is 0.0223 e. The fourth-order valence-electron chi connectivity index (χ4n) is 3.46. The number of hydrogen-bond donors (Lipinski definition) is 1. The topological polar surface area (TPSA) is 18.5 Å². The van der Waals surface area contributed by atoms with E-state index in [9.17, 15) is 0 Å². The predicted octanol–water partition coefficient (Wildman–Crippen LogP) is 1.93. The zero-order chi connectivity index (χ0) is 13.0. The van der Waals surface area contributed by atoms with Crippen LogP contribution in [0.5, 0.6) is 0 Å². The van der Waals surface area contributed by atoms with Crippen LogP contribution in [-0.4, -0.2) is 60.6 Å². The van der Waals surface area contributed by atoms with E-state index < -0.39 is 0 Å². The molecule has 18 heavy (non-hydrogen) atoms. The fraction of sp³-hybridized carbons (Fsp3) is 1.00. The van der Waals surface area contributed by atoms with E-state index in [1.165, 1.54) is 58.4 Å². The number of likely N-dealkylation sites (tertiary alicyclic amines) is 1. The van der Waals surface area contributed by atoms with Gasteiger partial charge in [-0.3, -0.25) is 4.90 Å². The molecule has 2 saturated heterocycles. The maximum absolute atomic E-state index is 3.69. The second-order valence-corrected chi connectivity index (χ2v) is 6.27. The number of rotatable bonds is 2. The first kappa shape index (κ1) is 14.3. The van der Waals surface area contributed by atoms with Crippen LogP contribution in [-0.2, 0) is 0 Å². The van der Waals surface area contributed by atoms with Crippen molar-refractivity contribution < 1.29 is 0 Å². The minimum atomic E-state index is 0.675. The summed E-state index contributed by atoms with van der Waals surface area (Å²) in [5.74, 6) is 0. The van der Waals surface area contributed by atoms with E-state index in [2.05, 4.69) is 35.9 Å². The third-order valence-corrected chi connectivity index (χ3v) is 4.71. The van der Waals surface area contributed by atoms with Gasteiger partial charge >= 0.3 is 0 Å². The van der Waals surface area contributed by atoms with Crippen LogP contribution in [0.1, 0.15) is 46.5 Å². The fourth-order valence-corrected chi connectivity index (χ4v) is 3.46. The van der Waals surface area contributed by atoms with Crippen molar-refractivity contribution in [2.75, 3.05) is 32.7 Å². The average Bonchev–Trinajstić information content (AvgIpc) is 2.36. The van der Waals surface area contributed by atoms with Crippen LogP contribution in [0.15, 0.2) is 0 Å². The van der Waals surface area contributed by atoms with E-state index >= 15 is 0 Å². The second-order valence-electron chi connectivity index (χ2n) is 6.27. The molecule has 2 fully saturated rings. The van der Waals surface area contributed by atoms with Crippen molar-refractivity contribution >= 4 is 0 Å². The third-order valence-electron chi connectivity index (χ3n) is 4.71. The van der Waals surface area contributed by atoms with Gasteiger partial charge in [-0.05, 0) is 65.7 Å². The van der Waals surface area contributed by atoms with Gasteiger partial charge in [-0.2, -0.15) is 0 Å². The number of hydrogen-bond acceptors (Lipinski definition) is 3. The molecule has 3 atom stereocenters. The van der Waals surface area contributed by atoms with E-state index in [1.54, 1.807) is 0 Å².